The zero-order valence-electron chi connectivity index (χ0n) is 7.40. The zero-order chi connectivity index (χ0) is 9.97. The molecule has 1 aromatic heterocycles. The van der Waals surface area contributed by atoms with Gasteiger partial charge in [-0.05, 0) is 0 Å². The molecule has 1 amide bonds. The molecule has 14 heavy (non-hydrogen) atoms. The number of carbonyl (C=O) groups excluding carboxylic acids is 1. The number of aromatic nitrogens is 2. The Kier molecular flexibility index (Phi) is 2.26. The van der Waals surface area contributed by atoms with E-state index in [1.165, 1.54) is 0 Å². The predicted molar refractivity (Wildman–Crippen MR) is 47.2 cm³/mol. The van der Waals surface area contributed by atoms with Gasteiger partial charge in [0.15, 0.2) is 5.82 Å². The summed E-state index contributed by atoms with van der Waals surface area (Å²) in [6, 6.07) is 0. The number of hydrogen-bond acceptors (Lipinski definition) is 4. The van der Waals surface area contributed by atoms with Crippen molar-refractivity contribution in [2.75, 3.05) is 24.5 Å². The van der Waals surface area contributed by atoms with E-state index >= 15 is 0 Å². The lowest BCUT2D eigenvalue weighted by molar-refractivity contribution is -0.120. The van der Waals surface area contributed by atoms with Crippen molar-refractivity contribution in [3.05, 3.63) is 18.2 Å². The number of carbonyl (C=O) groups is 1. The molecule has 1 aromatic rings. The van der Waals surface area contributed by atoms with Crippen molar-refractivity contribution in [2.45, 2.75) is 0 Å². The fraction of sp³-hybridized carbons (Fsp3) is 0.375. The third-order valence-corrected chi connectivity index (χ3v) is 1.93. The quantitative estimate of drug-likeness (QED) is 0.661. The van der Waals surface area contributed by atoms with Crippen molar-refractivity contribution >= 4 is 11.9 Å². The Bertz CT molecular complexity index is 340. The van der Waals surface area contributed by atoms with Gasteiger partial charge in [0.05, 0.1) is 18.9 Å². The summed E-state index contributed by atoms with van der Waals surface area (Å²) in [5, 5.41) is 2.68. The molecule has 0 aliphatic carbocycles. The molecule has 1 N–H and O–H groups in total. The first-order valence-corrected chi connectivity index (χ1v) is 4.25. The molecule has 0 aromatic carbocycles. The van der Waals surface area contributed by atoms with E-state index in [0.29, 0.717) is 19.0 Å². The van der Waals surface area contributed by atoms with Crippen LogP contribution in [0.15, 0.2) is 12.4 Å². The van der Waals surface area contributed by atoms with Gasteiger partial charge < -0.3 is 10.2 Å². The topological polar surface area (TPSA) is 58.1 Å². The van der Waals surface area contributed by atoms with Gasteiger partial charge in [-0.15, -0.1) is 0 Å². The Hall–Kier alpha value is -1.72. The Labute approximate surface area is 80.0 Å². The van der Waals surface area contributed by atoms with Crippen LogP contribution in [-0.2, 0) is 4.79 Å². The fourth-order valence-electron chi connectivity index (χ4n) is 1.28. The highest BCUT2D eigenvalue weighted by Gasteiger charge is 2.18. The lowest BCUT2D eigenvalue weighted by atomic mass is 10.4. The average Bonchev–Trinajstić information content (AvgIpc) is 2.19. The van der Waals surface area contributed by atoms with E-state index in [2.05, 4.69) is 15.3 Å². The van der Waals surface area contributed by atoms with Crippen LogP contribution in [-0.4, -0.2) is 35.5 Å². The molecular weight excluding hydrogens is 187 g/mol. The van der Waals surface area contributed by atoms with E-state index in [0.717, 1.165) is 12.4 Å². The van der Waals surface area contributed by atoms with Gasteiger partial charge in [0.2, 0.25) is 11.9 Å². The number of amides is 1. The molecule has 6 heteroatoms. The van der Waals surface area contributed by atoms with Gasteiger partial charge >= 0.3 is 0 Å². The standard InChI is InChI=1S/C8H9FN4O/c9-6-3-11-8(12-4-6)13-2-1-10-7(14)5-13/h3-4H,1-2,5H2,(H,10,14). The molecule has 0 spiro atoms. The highest BCUT2D eigenvalue weighted by Crippen LogP contribution is 2.07. The second kappa shape index (κ2) is 3.57. The number of halogens is 1. The summed E-state index contributed by atoms with van der Waals surface area (Å²) in [5.74, 6) is -0.152. The summed E-state index contributed by atoms with van der Waals surface area (Å²) in [4.78, 5) is 20.3. The second-order valence-electron chi connectivity index (χ2n) is 2.97. The summed E-state index contributed by atoms with van der Waals surface area (Å²) >= 11 is 0. The van der Waals surface area contributed by atoms with E-state index in [4.69, 9.17) is 0 Å². The van der Waals surface area contributed by atoms with Crippen LogP contribution in [0.5, 0.6) is 0 Å². The number of anilines is 1. The van der Waals surface area contributed by atoms with Crippen molar-refractivity contribution < 1.29 is 9.18 Å². The highest BCUT2D eigenvalue weighted by atomic mass is 19.1. The molecule has 0 saturated carbocycles. The third kappa shape index (κ3) is 1.78. The predicted octanol–water partition coefficient (Wildman–Crippen LogP) is -0.448. The average molecular weight is 196 g/mol. The molecule has 1 aliphatic heterocycles. The SMILES string of the molecule is O=C1CN(c2ncc(F)cn2)CCN1. The van der Waals surface area contributed by atoms with Crippen LogP contribution in [0.1, 0.15) is 0 Å². The zero-order valence-corrected chi connectivity index (χ0v) is 7.40. The van der Waals surface area contributed by atoms with Gasteiger partial charge in [0.1, 0.15) is 0 Å². The smallest absolute Gasteiger partial charge is 0.239 e. The van der Waals surface area contributed by atoms with E-state index in [-0.39, 0.29) is 12.5 Å². The van der Waals surface area contributed by atoms with Gasteiger partial charge in [0.25, 0.3) is 0 Å². The molecule has 0 atom stereocenters. The third-order valence-electron chi connectivity index (χ3n) is 1.93. The first kappa shape index (κ1) is 8.86. The highest BCUT2D eigenvalue weighted by molar-refractivity contribution is 5.81. The molecule has 74 valence electrons. The minimum Gasteiger partial charge on any atom is -0.353 e. The minimum atomic E-state index is -0.477. The lowest BCUT2D eigenvalue weighted by Crippen LogP contribution is -2.48. The van der Waals surface area contributed by atoms with E-state index in [9.17, 15) is 9.18 Å². The maximum Gasteiger partial charge on any atom is 0.239 e. The molecule has 5 nitrogen and oxygen atoms in total. The summed E-state index contributed by atoms with van der Waals surface area (Å²) < 4.78 is 12.5. The van der Waals surface area contributed by atoms with E-state index in [1.807, 2.05) is 0 Å². The van der Waals surface area contributed by atoms with Crippen LogP contribution >= 0.6 is 0 Å². The van der Waals surface area contributed by atoms with Gasteiger partial charge in [-0.3, -0.25) is 4.79 Å². The van der Waals surface area contributed by atoms with Crippen LogP contribution in [0.2, 0.25) is 0 Å². The molecule has 2 heterocycles. The summed E-state index contributed by atoms with van der Waals surface area (Å²) in [7, 11) is 0. The molecule has 0 radical (unpaired) electrons. The maximum atomic E-state index is 12.5. The number of rotatable bonds is 1. The molecular formula is C8H9FN4O. The molecule has 0 bridgehead atoms. The number of hydrogen-bond donors (Lipinski definition) is 1. The Morgan fingerprint density at radius 3 is 2.79 bits per heavy atom. The summed E-state index contributed by atoms with van der Waals surface area (Å²) in [5.41, 5.74) is 0. The normalized spacial score (nSPS) is 16.6. The van der Waals surface area contributed by atoms with Crippen molar-refractivity contribution in [3.8, 4) is 0 Å². The largest absolute Gasteiger partial charge is 0.353 e. The van der Waals surface area contributed by atoms with Gasteiger partial charge in [-0.1, -0.05) is 0 Å². The fourth-order valence-corrected chi connectivity index (χ4v) is 1.28. The lowest BCUT2D eigenvalue weighted by Gasteiger charge is -2.26. The van der Waals surface area contributed by atoms with Gasteiger partial charge in [0, 0.05) is 13.1 Å². The molecule has 1 aliphatic rings. The first-order chi connectivity index (χ1) is 6.75. The molecule has 1 saturated heterocycles. The Morgan fingerprint density at radius 1 is 1.43 bits per heavy atom. The van der Waals surface area contributed by atoms with Crippen molar-refractivity contribution in [1.82, 2.24) is 15.3 Å². The monoisotopic (exact) mass is 196 g/mol. The van der Waals surface area contributed by atoms with Crippen molar-refractivity contribution in [3.63, 3.8) is 0 Å². The summed E-state index contributed by atoms with van der Waals surface area (Å²) in [6.07, 6.45) is 2.18. The molecule has 1 fully saturated rings. The van der Waals surface area contributed by atoms with Crippen LogP contribution < -0.4 is 10.2 Å². The number of piperazine rings is 1. The van der Waals surface area contributed by atoms with Gasteiger partial charge in [-0.2, -0.15) is 0 Å². The van der Waals surface area contributed by atoms with E-state index in [1.54, 1.807) is 4.90 Å². The Balaban J connectivity index is 2.14. The Morgan fingerprint density at radius 2 is 2.14 bits per heavy atom. The van der Waals surface area contributed by atoms with Crippen molar-refractivity contribution in [1.29, 1.82) is 0 Å². The van der Waals surface area contributed by atoms with Gasteiger partial charge in [-0.25, -0.2) is 14.4 Å². The minimum absolute atomic E-state index is 0.0656. The molecule has 0 unspecified atom stereocenters. The van der Waals surface area contributed by atoms with Crippen LogP contribution in [0, 0.1) is 5.82 Å². The first-order valence-electron chi connectivity index (χ1n) is 4.25. The van der Waals surface area contributed by atoms with Crippen LogP contribution in [0.3, 0.4) is 0 Å². The van der Waals surface area contributed by atoms with Crippen LogP contribution in [0.25, 0.3) is 0 Å². The summed E-state index contributed by atoms with van der Waals surface area (Å²) in [6.45, 7) is 1.45. The van der Waals surface area contributed by atoms with Crippen LogP contribution in [0.4, 0.5) is 10.3 Å². The number of nitrogens with zero attached hydrogens (tertiary/aromatic N) is 3. The number of nitrogens with one attached hydrogen (secondary N) is 1. The van der Waals surface area contributed by atoms with Crippen molar-refractivity contribution in [2.24, 2.45) is 0 Å². The maximum absolute atomic E-state index is 12.5. The molecule has 2 rings (SSSR count). The second-order valence-corrected chi connectivity index (χ2v) is 2.97. The van der Waals surface area contributed by atoms with E-state index < -0.39 is 5.82 Å².